The van der Waals surface area contributed by atoms with Crippen molar-refractivity contribution >= 4 is 34.4 Å². The highest BCUT2D eigenvalue weighted by Crippen LogP contribution is 2.32. The molecule has 110 valence electrons. The summed E-state index contributed by atoms with van der Waals surface area (Å²) in [5, 5.41) is 3.16. The predicted octanol–water partition coefficient (Wildman–Crippen LogP) is 1.34. The highest BCUT2D eigenvalue weighted by atomic mass is 32.2. The second-order valence-corrected chi connectivity index (χ2v) is 5.88. The van der Waals surface area contributed by atoms with E-state index in [9.17, 15) is 9.59 Å². The van der Waals surface area contributed by atoms with E-state index in [1.807, 2.05) is 12.1 Å². The first kappa shape index (κ1) is 13.9. The molecule has 6 nitrogen and oxygen atoms in total. The molecule has 2 aliphatic heterocycles. The molecule has 2 aliphatic rings. The number of amides is 2. The molecular formula is C14H15N3O3S. The first-order valence-electron chi connectivity index (χ1n) is 6.64. The van der Waals surface area contributed by atoms with Crippen molar-refractivity contribution in [2.45, 2.75) is 11.7 Å². The van der Waals surface area contributed by atoms with Crippen LogP contribution in [0, 0.1) is 0 Å². The first-order valence-corrected chi connectivity index (χ1v) is 7.52. The van der Waals surface area contributed by atoms with Crippen molar-refractivity contribution in [1.82, 2.24) is 4.90 Å². The third-order valence-corrected chi connectivity index (χ3v) is 4.56. The Kier molecular flexibility index (Phi) is 3.83. The van der Waals surface area contributed by atoms with E-state index >= 15 is 0 Å². The fourth-order valence-corrected chi connectivity index (χ4v) is 3.52. The van der Waals surface area contributed by atoms with Crippen LogP contribution in [0.2, 0.25) is 0 Å². The number of carbonyl (C=O) groups is 2. The summed E-state index contributed by atoms with van der Waals surface area (Å²) in [5.41, 5.74) is 0.610. The summed E-state index contributed by atoms with van der Waals surface area (Å²) in [6.45, 7) is 1.29. The van der Waals surface area contributed by atoms with Gasteiger partial charge in [0.1, 0.15) is 11.0 Å². The van der Waals surface area contributed by atoms with Crippen molar-refractivity contribution in [2.75, 3.05) is 25.5 Å². The molecule has 0 radical (unpaired) electrons. The fraction of sp³-hybridized carbons (Fsp3) is 0.357. The zero-order valence-corrected chi connectivity index (χ0v) is 12.4. The van der Waals surface area contributed by atoms with E-state index in [2.05, 4.69) is 10.3 Å². The van der Waals surface area contributed by atoms with Gasteiger partial charge in [-0.05, 0) is 12.1 Å². The van der Waals surface area contributed by atoms with E-state index in [-0.39, 0.29) is 23.5 Å². The number of nitrogens with zero attached hydrogens (tertiary/aromatic N) is 2. The van der Waals surface area contributed by atoms with Crippen LogP contribution < -0.4 is 10.1 Å². The number of methoxy groups -OCH3 is 1. The molecular weight excluding hydrogens is 290 g/mol. The van der Waals surface area contributed by atoms with Gasteiger partial charge in [0.25, 0.3) is 0 Å². The van der Waals surface area contributed by atoms with Gasteiger partial charge in [-0.25, -0.2) is 0 Å². The quantitative estimate of drug-likeness (QED) is 0.911. The van der Waals surface area contributed by atoms with E-state index in [0.717, 1.165) is 5.17 Å². The molecule has 3 rings (SSSR count). The molecule has 1 saturated heterocycles. The molecule has 1 fully saturated rings. The number of thioether (sulfide) groups is 1. The van der Waals surface area contributed by atoms with Gasteiger partial charge in [-0.15, -0.1) is 0 Å². The van der Waals surface area contributed by atoms with Gasteiger partial charge in [0.2, 0.25) is 11.8 Å². The van der Waals surface area contributed by atoms with Crippen molar-refractivity contribution in [1.29, 1.82) is 0 Å². The molecule has 1 aromatic carbocycles. The number of fused-ring (bicyclic) bond motifs is 1. The molecule has 0 aromatic heterocycles. The number of carbonyl (C=O) groups excluding carboxylic acids is 2. The van der Waals surface area contributed by atoms with Crippen LogP contribution in [0.4, 0.5) is 5.69 Å². The van der Waals surface area contributed by atoms with Crippen LogP contribution in [-0.2, 0) is 9.59 Å². The number of rotatable bonds is 4. The summed E-state index contributed by atoms with van der Waals surface area (Å²) in [6.07, 6.45) is 0.136. The number of para-hydroxylation sites is 2. The standard InChI is InChI=1S/C14H15N3O3S/c1-20-10-5-3-2-4-9(10)16-12(18)8-11-13(19)17-7-6-15-14(17)21-11/h2-5,11H,6-8H2,1H3,(H,16,18)/t11-/m0/s1. The fourth-order valence-electron chi connectivity index (χ4n) is 2.33. The van der Waals surface area contributed by atoms with Gasteiger partial charge >= 0.3 is 0 Å². The van der Waals surface area contributed by atoms with Crippen molar-refractivity contribution in [3.63, 3.8) is 0 Å². The third kappa shape index (κ3) is 2.73. The highest BCUT2D eigenvalue weighted by Gasteiger charge is 2.40. The number of benzene rings is 1. The maximum atomic E-state index is 12.1. The second kappa shape index (κ2) is 5.77. The Labute approximate surface area is 126 Å². The summed E-state index contributed by atoms with van der Waals surface area (Å²) >= 11 is 1.37. The Morgan fingerprint density at radius 3 is 3.10 bits per heavy atom. The Bertz CT molecular complexity index is 617. The third-order valence-electron chi connectivity index (χ3n) is 3.34. The Morgan fingerprint density at radius 1 is 1.52 bits per heavy atom. The lowest BCUT2D eigenvalue weighted by molar-refractivity contribution is -0.127. The predicted molar refractivity (Wildman–Crippen MR) is 81.6 cm³/mol. The molecule has 0 spiro atoms. The minimum atomic E-state index is -0.376. The number of hydrogen-bond donors (Lipinski definition) is 1. The molecule has 0 aliphatic carbocycles. The lowest BCUT2D eigenvalue weighted by atomic mass is 10.2. The van der Waals surface area contributed by atoms with Gasteiger partial charge in [-0.1, -0.05) is 23.9 Å². The van der Waals surface area contributed by atoms with E-state index < -0.39 is 0 Å². The summed E-state index contributed by atoms with van der Waals surface area (Å²) < 4.78 is 5.18. The summed E-state index contributed by atoms with van der Waals surface area (Å²) in [5.74, 6) is 0.375. The molecule has 1 aromatic rings. The average Bonchev–Trinajstić information content (AvgIpc) is 3.04. The largest absolute Gasteiger partial charge is 0.495 e. The van der Waals surface area contributed by atoms with Crippen LogP contribution in [0.15, 0.2) is 29.3 Å². The highest BCUT2D eigenvalue weighted by molar-refractivity contribution is 8.15. The molecule has 7 heteroatoms. The van der Waals surface area contributed by atoms with Crippen LogP contribution in [0.5, 0.6) is 5.75 Å². The normalized spacial score (nSPS) is 20.2. The lowest BCUT2D eigenvalue weighted by Crippen LogP contribution is -2.32. The number of hydrogen-bond acceptors (Lipinski definition) is 5. The number of amidine groups is 1. The van der Waals surface area contributed by atoms with Gasteiger partial charge in [-0.3, -0.25) is 19.5 Å². The average molecular weight is 305 g/mol. The SMILES string of the molecule is COc1ccccc1NC(=O)C[C@@H]1SC2=NCCN2C1=O. The molecule has 1 atom stereocenters. The van der Waals surface area contributed by atoms with E-state index in [4.69, 9.17) is 4.74 Å². The van der Waals surface area contributed by atoms with Crippen molar-refractivity contribution in [3.05, 3.63) is 24.3 Å². The molecule has 21 heavy (non-hydrogen) atoms. The summed E-state index contributed by atoms with van der Waals surface area (Å²) in [4.78, 5) is 30.1. The first-order chi connectivity index (χ1) is 10.2. The van der Waals surface area contributed by atoms with Gasteiger partial charge in [0.15, 0.2) is 5.17 Å². The zero-order chi connectivity index (χ0) is 14.8. The minimum absolute atomic E-state index is 0.0218. The van der Waals surface area contributed by atoms with Gasteiger partial charge in [-0.2, -0.15) is 0 Å². The van der Waals surface area contributed by atoms with Crippen LogP contribution in [0.3, 0.4) is 0 Å². The van der Waals surface area contributed by atoms with Gasteiger partial charge in [0, 0.05) is 13.0 Å². The van der Waals surface area contributed by atoms with Crippen LogP contribution in [0.25, 0.3) is 0 Å². The molecule has 2 heterocycles. The van der Waals surface area contributed by atoms with Crippen LogP contribution in [0.1, 0.15) is 6.42 Å². The minimum Gasteiger partial charge on any atom is -0.495 e. The Morgan fingerprint density at radius 2 is 2.33 bits per heavy atom. The summed E-state index contributed by atoms with van der Waals surface area (Å²) in [6, 6.07) is 7.19. The maximum Gasteiger partial charge on any atom is 0.242 e. The van der Waals surface area contributed by atoms with Crippen molar-refractivity contribution in [2.24, 2.45) is 4.99 Å². The maximum absolute atomic E-state index is 12.1. The van der Waals surface area contributed by atoms with E-state index in [0.29, 0.717) is 24.5 Å². The second-order valence-electron chi connectivity index (χ2n) is 4.71. The molecule has 0 unspecified atom stereocenters. The van der Waals surface area contributed by atoms with Crippen molar-refractivity contribution in [3.8, 4) is 5.75 Å². The lowest BCUT2D eigenvalue weighted by Gasteiger charge is -2.12. The molecule has 0 saturated carbocycles. The smallest absolute Gasteiger partial charge is 0.242 e. The number of nitrogens with one attached hydrogen (secondary N) is 1. The number of aliphatic imine (C=N–C) groups is 1. The summed E-state index contributed by atoms with van der Waals surface area (Å²) in [7, 11) is 1.55. The van der Waals surface area contributed by atoms with Crippen LogP contribution >= 0.6 is 11.8 Å². The van der Waals surface area contributed by atoms with Gasteiger partial charge < -0.3 is 10.1 Å². The Hall–Kier alpha value is -2.02. The topological polar surface area (TPSA) is 71.0 Å². The van der Waals surface area contributed by atoms with E-state index in [1.165, 1.54) is 11.8 Å². The van der Waals surface area contributed by atoms with Crippen LogP contribution in [-0.4, -0.2) is 47.3 Å². The van der Waals surface area contributed by atoms with E-state index in [1.54, 1.807) is 24.1 Å². The number of ether oxygens (including phenoxy) is 1. The zero-order valence-electron chi connectivity index (χ0n) is 11.5. The van der Waals surface area contributed by atoms with Gasteiger partial charge in [0.05, 0.1) is 19.3 Å². The molecule has 2 amide bonds. The molecule has 1 N–H and O–H groups in total. The monoisotopic (exact) mass is 305 g/mol. The Balaban J connectivity index is 1.63. The van der Waals surface area contributed by atoms with Crippen molar-refractivity contribution < 1.29 is 14.3 Å². The number of anilines is 1. The molecule has 0 bridgehead atoms.